The van der Waals surface area contributed by atoms with Gasteiger partial charge in [-0.25, -0.2) is 0 Å². The second-order valence-corrected chi connectivity index (χ2v) is 7.47. The molecular formula is C13H23N3OS. The number of nitrogens with one attached hydrogen (secondary N) is 2. The van der Waals surface area contributed by atoms with E-state index >= 15 is 0 Å². The molecule has 1 aliphatic heterocycles. The number of nitrogens with zero attached hydrogens (tertiary/aromatic N) is 1. The van der Waals surface area contributed by atoms with Gasteiger partial charge in [-0.3, -0.25) is 9.79 Å². The number of carbonyl (C=O) groups is 1. The van der Waals surface area contributed by atoms with Crippen LogP contribution in [0.5, 0.6) is 0 Å². The smallest absolute Gasteiger partial charge is 0.242 e. The zero-order chi connectivity index (χ0) is 13.3. The Labute approximate surface area is 113 Å². The predicted molar refractivity (Wildman–Crippen MR) is 76.9 cm³/mol. The van der Waals surface area contributed by atoms with E-state index in [2.05, 4.69) is 15.6 Å². The lowest BCUT2D eigenvalue weighted by atomic mass is 10.1. The second kappa shape index (κ2) is 5.11. The van der Waals surface area contributed by atoms with Crippen molar-refractivity contribution < 1.29 is 4.79 Å². The largest absolute Gasteiger partial charge is 0.353 e. The maximum absolute atomic E-state index is 11.9. The molecule has 0 radical (unpaired) electrons. The van der Waals surface area contributed by atoms with Gasteiger partial charge in [0.2, 0.25) is 5.91 Å². The summed E-state index contributed by atoms with van der Waals surface area (Å²) in [7, 11) is 0. The van der Waals surface area contributed by atoms with E-state index < -0.39 is 0 Å². The van der Waals surface area contributed by atoms with Crippen LogP contribution in [0, 0.1) is 5.92 Å². The third-order valence-electron chi connectivity index (χ3n) is 3.06. The van der Waals surface area contributed by atoms with Gasteiger partial charge in [-0.2, -0.15) is 0 Å². The van der Waals surface area contributed by atoms with Crippen LogP contribution in [0.4, 0.5) is 0 Å². The Hall–Kier alpha value is -0.710. The van der Waals surface area contributed by atoms with E-state index in [0.717, 1.165) is 17.6 Å². The molecule has 1 aliphatic carbocycles. The van der Waals surface area contributed by atoms with Gasteiger partial charge in [0.25, 0.3) is 0 Å². The Kier molecular flexibility index (Phi) is 3.90. The predicted octanol–water partition coefficient (Wildman–Crippen LogP) is 1.76. The number of hydrogen-bond acceptors (Lipinski definition) is 4. The van der Waals surface area contributed by atoms with Crippen LogP contribution < -0.4 is 10.6 Å². The Morgan fingerprint density at radius 1 is 1.44 bits per heavy atom. The number of carbonyl (C=O) groups excluding carboxylic acids is 1. The normalized spacial score (nSPS) is 25.6. The zero-order valence-electron chi connectivity index (χ0n) is 11.6. The van der Waals surface area contributed by atoms with Crippen molar-refractivity contribution in [3.8, 4) is 0 Å². The summed E-state index contributed by atoms with van der Waals surface area (Å²) in [5.41, 5.74) is -0.186. The first-order valence-electron chi connectivity index (χ1n) is 6.65. The molecule has 102 valence electrons. The first-order valence-corrected chi connectivity index (χ1v) is 7.53. The van der Waals surface area contributed by atoms with Crippen LogP contribution in [0.2, 0.25) is 0 Å². The SMILES string of the molecule is CC(NC1=NCC(C2CC2)S1)C(=O)NC(C)(C)C. The van der Waals surface area contributed by atoms with Gasteiger partial charge in [-0.1, -0.05) is 11.8 Å². The van der Waals surface area contributed by atoms with E-state index in [4.69, 9.17) is 0 Å². The maximum Gasteiger partial charge on any atom is 0.242 e. The standard InChI is InChI=1S/C13H23N3OS/c1-8(11(17)16-13(2,3)4)15-12-14-7-10(18-12)9-5-6-9/h8-10H,5-7H2,1-4H3,(H,14,15)(H,16,17). The van der Waals surface area contributed by atoms with Gasteiger partial charge in [0.05, 0.1) is 6.54 Å². The van der Waals surface area contributed by atoms with Gasteiger partial charge in [-0.15, -0.1) is 0 Å². The van der Waals surface area contributed by atoms with Crippen molar-refractivity contribution >= 4 is 22.8 Å². The first-order chi connectivity index (χ1) is 8.35. The molecule has 1 fully saturated rings. The monoisotopic (exact) mass is 269 g/mol. The Bertz CT molecular complexity index is 358. The van der Waals surface area contributed by atoms with Crippen molar-refractivity contribution in [2.24, 2.45) is 10.9 Å². The van der Waals surface area contributed by atoms with E-state index in [1.54, 1.807) is 11.8 Å². The van der Waals surface area contributed by atoms with Gasteiger partial charge in [0.15, 0.2) is 5.17 Å². The van der Waals surface area contributed by atoms with Crippen molar-refractivity contribution in [1.82, 2.24) is 10.6 Å². The minimum atomic E-state index is -0.228. The lowest BCUT2D eigenvalue weighted by molar-refractivity contribution is -0.123. The van der Waals surface area contributed by atoms with Crippen molar-refractivity contribution in [2.45, 2.75) is 57.4 Å². The summed E-state index contributed by atoms with van der Waals surface area (Å²) in [6, 6.07) is -0.228. The molecule has 4 nitrogen and oxygen atoms in total. The fourth-order valence-corrected chi connectivity index (χ4v) is 3.21. The molecule has 0 spiro atoms. The zero-order valence-corrected chi connectivity index (χ0v) is 12.4. The molecule has 0 aromatic heterocycles. The summed E-state index contributed by atoms with van der Waals surface area (Å²) in [5, 5.41) is 7.77. The third-order valence-corrected chi connectivity index (χ3v) is 4.36. The lowest BCUT2D eigenvalue weighted by Gasteiger charge is -2.24. The van der Waals surface area contributed by atoms with Crippen LogP contribution in [0.1, 0.15) is 40.5 Å². The molecule has 0 aromatic rings. The molecule has 2 unspecified atom stereocenters. The van der Waals surface area contributed by atoms with Gasteiger partial charge in [0.1, 0.15) is 6.04 Å². The van der Waals surface area contributed by atoms with E-state index in [0.29, 0.717) is 5.25 Å². The van der Waals surface area contributed by atoms with Crippen molar-refractivity contribution in [2.75, 3.05) is 6.54 Å². The average molecular weight is 269 g/mol. The van der Waals surface area contributed by atoms with Crippen LogP contribution in [0.15, 0.2) is 4.99 Å². The molecular weight excluding hydrogens is 246 g/mol. The average Bonchev–Trinajstić information content (AvgIpc) is 2.98. The second-order valence-electron chi connectivity index (χ2n) is 6.24. The molecule has 1 heterocycles. The molecule has 18 heavy (non-hydrogen) atoms. The van der Waals surface area contributed by atoms with E-state index in [-0.39, 0.29) is 17.5 Å². The maximum atomic E-state index is 11.9. The molecule has 2 atom stereocenters. The Balaban J connectivity index is 1.77. The third kappa shape index (κ3) is 3.90. The number of thioether (sulfide) groups is 1. The highest BCUT2D eigenvalue weighted by molar-refractivity contribution is 8.14. The molecule has 5 heteroatoms. The van der Waals surface area contributed by atoms with Gasteiger partial charge in [-0.05, 0) is 46.5 Å². The van der Waals surface area contributed by atoms with Gasteiger partial charge < -0.3 is 10.6 Å². The Morgan fingerprint density at radius 2 is 2.11 bits per heavy atom. The topological polar surface area (TPSA) is 53.5 Å². The van der Waals surface area contributed by atoms with Crippen molar-refractivity contribution in [3.05, 3.63) is 0 Å². The summed E-state index contributed by atoms with van der Waals surface area (Å²) in [6.07, 6.45) is 2.70. The molecule has 1 saturated carbocycles. The van der Waals surface area contributed by atoms with Crippen molar-refractivity contribution in [1.29, 1.82) is 0 Å². The summed E-state index contributed by atoms with van der Waals surface area (Å²) < 4.78 is 0. The summed E-state index contributed by atoms with van der Waals surface area (Å²) in [6.45, 7) is 8.76. The van der Waals surface area contributed by atoms with E-state index in [1.165, 1.54) is 12.8 Å². The van der Waals surface area contributed by atoms with Crippen LogP contribution >= 0.6 is 11.8 Å². The van der Waals surface area contributed by atoms with Crippen molar-refractivity contribution in [3.63, 3.8) is 0 Å². The molecule has 1 amide bonds. The fourth-order valence-electron chi connectivity index (χ4n) is 1.91. The number of amides is 1. The van der Waals surface area contributed by atoms with E-state index in [1.807, 2.05) is 27.7 Å². The number of amidine groups is 1. The highest BCUT2D eigenvalue weighted by Crippen LogP contribution is 2.41. The van der Waals surface area contributed by atoms with Crippen LogP contribution in [0.25, 0.3) is 0 Å². The van der Waals surface area contributed by atoms with Crippen LogP contribution in [-0.4, -0.2) is 34.5 Å². The highest BCUT2D eigenvalue weighted by atomic mass is 32.2. The number of aliphatic imine (C=N–C) groups is 1. The van der Waals surface area contributed by atoms with Gasteiger partial charge in [0, 0.05) is 10.8 Å². The molecule has 0 bridgehead atoms. The minimum Gasteiger partial charge on any atom is -0.353 e. The lowest BCUT2D eigenvalue weighted by Crippen LogP contribution is -2.50. The quantitative estimate of drug-likeness (QED) is 0.821. The fraction of sp³-hybridized carbons (Fsp3) is 0.846. The molecule has 2 rings (SSSR count). The number of rotatable bonds is 3. The van der Waals surface area contributed by atoms with Gasteiger partial charge >= 0.3 is 0 Å². The molecule has 0 saturated heterocycles. The van der Waals surface area contributed by atoms with E-state index in [9.17, 15) is 4.79 Å². The van der Waals surface area contributed by atoms with Crippen LogP contribution in [0.3, 0.4) is 0 Å². The number of hydrogen-bond donors (Lipinski definition) is 2. The molecule has 2 aliphatic rings. The first kappa shape index (κ1) is 13.7. The molecule has 2 N–H and O–H groups in total. The summed E-state index contributed by atoms with van der Waals surface area (Å²) in [5.74, 6) is 0.887. The molecule has 0 aromatic carbocycles. The Morgan fingerprint density at radius 3 is 2.67 bits per heavy atom. The summed E-state index contributed by atoms with van der Waals surface area (Å²) >= 11 is 1.80. The van der Waals surface area contributed by atoms with Crippen LogP contribution in [-0.2, 0) is 4.79 Å². The highest BCUT2D eigenvalue weighted by Gasteiger charge is 2.35. The summed E-state index contributed by atoms with van der Waals surface area (Å²) in [4.78, 5) is 16.4. The minimum absolute atomic E-state index is 0.0284.